The van der Waals surface area contributed by atoms with Gasteiger partial charge >= 0.3 is 0 Å². The summed E-state index contributed by atoms with van der Waals surface area (Å²) in [6.45, 7) is 4.35. The molecule has 0 saturated carbocycles. The van der Waals surface area contributed by atoms with Crippen LogP contribution in [0.2, 0.25) is 0 Å². The quantitative estimate of drug-likeness (QED) is 0.0207. The Hall–Kier alpha value is -10.6. The Morgan fingerprint density at radius 2 is 1.17 bits per heavy atom. The number of carbonyl (C=O) groups is 13. The summed E-state index contributed by atoms with van der Waals surface area (Å²) in [6.07, 6.45) is -1.03. The molecule has 2 aromatic heterocycles. The molecule has 0 aliphatic carbocycles. The third-order valence-corrected chi connectivity index (χ3v) is 18.4. The highest BCUT2D eigenvalue weighted by molar-refractivity contribution is 7.99. The van der Waals surface area contributed by atoms with Crippen LogP contribution in [-0.4, -0.2) is 221 Å². The van der Waals surface area contributed by atoms with Gasteiger partial charge in [0.05, 0.1) is 34.7 Å². The Balaban J connectivity index is 1.23. The van der Waals surface area contributed by atoms with Gasteiger partial charge in [0, 0.05) is 54.2 Å². The van der Waals surface area contributed by atoms with Crippen molar-refractivity contribution in [2.24, 2.45) is 34.6 Å². The van der Waals surface area contributed by atoms with Gasteiger partial charge in [-0.25, -0.2) is 0 Å². The minimum absolute atomic E-state index is 0.0190. The second-order valence-electron chi connectivity index (χ2n) is 26.4. The van der Waals surface area contributed by atoms with Crippen molar-refractivity contribution < 1.29 is 72.5 Å². The van der Waals surface area contributed by atoms with Crippen molar-refractivity contribution in [2.45, 2.75) is 174 Å². The molecular weight excluding hydrogens is 1430 g/mol. The lowest BCUT2D eigenvalue weighted by Gasteiger charge is -2.29. The van der Waals surface area contributed by atoms with E-state index in [0.29, 0.717) is 43.2 Å². The lowest BCUT2D eigenvalue weighted by molar-refractivity contribution is -0.137. The van der Waals surface area contributed by atoms with Gasteiger partial charge in [0.15, 0.2) is 0 Å². The van der Waals surface area contributed by atoms with Gasteiger partial charge in [0.1, 0.15) is 60.4 Å². The smallest absolute Gasteiger partial charge is 0.252 e. The highest BCUT2D eigenvalue weighted by Gasteiger charge is 2.38. The fraction of sp³-hybridized carbons (Fsp3) is 0.466. The Labute approximate surface area is 634 Å². The maximum Gasteiger partial charge on any atom is 0.252 e. The van der Waals surface area contributed by atoms with Crippen molar-refractivity contribution in [1.82, 2.24) is 78.6 Å². The number of benzene rings is 3. The maximum absolute atomic E-state index is 14.7. The number of nitrogens with zero attached hydrogens (tertiary/aromatic N) is 3. The van der Waals surface area contributed by atoms with E-state index in [2.05, 4.69) is 73.9 Å². The molecule has 2 unspecified atom stereocenters. The van der Waals surface area contributed by atoms with Crippen LogP contribution in [0.4, 0.5) is 0 Å². The van der Waals surface area contributed by atoms with Gasteiger partial charge in [-0.1, -0.05) is 74.1 Å². The number of hydrogen-bond donors (Lipinski definition) is 19. The van der Waals surface area contributed by atoms with Crippen LogP contribution < -0.4 is 92.5 Å². The number of amides is 12. The van der Waals surface area contributed by atoms with Gasteiger partial charge in [-0.15, -0.1) is 0 Å². The van der Waals surface area contributed by atoms with Crippen molar-refractivity contribution in [3.05, 3.63) is 120 Å². The van der Waals surface area contributed by atoms with Crippen molar-refractivity contribution >= 4 is 112 Å². The summed E-state index contributed by atoms with van der Waals surface area (Å²) in [5.74, 6) is -11.8. The zero-order chi connectivity index (χ0) is 79.9. The van der Waals surface area contributed by atoms with Crippen LogP contribution in [-0.2, 0) is 59.2 Å². The molecule has 0 bridgehead atoms. The summed E-state index contributed by atoms with van der Waals surface area (Å²) in [5, 5.41) is 57.7. The van der Waals surface area contributed by atoms with Gasteiger partial charge < -0.3 is 103 Å². The first-order valence-electron chi connectivity index (χ1n) is 36.0. The summed E-state index contributed by atoms with van der Waals surface area (Å²) in [6, 6.07) is 10.5. The number of carbonyl (C=O) groups excluding carboxylic acids is 13. The molecular formula is C73H102N20O15S. The maximum atomic E-state index is 14.7. The monoisotopic (exact) mass is 1530 g/mol. The van der Waals surface area contributed by atoms with Gasteiger partial charge in [-0.2, -0.15) is 9.78 Å². The highest BCUT2D eigenvalue weighted by atomic mass is 32.2. The number of fused-ring (bicyclic) bond motifs is 1. The van der Waals surface area contributed by atoms with Gasteiger partial charge in [0.2, 0.25) is 70.9 Å². The normalized spacial score (nSPS) is 20.1. The van der Waals surface area contributed by atoms with E-state index >= 15 is 0 Å². The van der Waals surface area contributed by atoms with Crippen LogP contribution in [0.15, 0.2) is 107 Å². The van der Waals surface area contributed by atoms with Gasteiger partial charge in [-0.05, 0) is 158 Å². The van der Waals surface area contributed by atoms with E-state index in [1.807, 2.05) is 6.07 Å². The van der Waals surface area contributed by atoms with Crippen LogP contribution in [0.25, 0.3) is 23.1 Å². The largest absolute Gasteiger partial charge is 0.391 e. The van der Waals surface area contributed by atoms with E-state index < -0.39 is 169 Å². The van der Waals surface area contributed by atoms with E-state index in [0.717, 1.165) is 11.6 Å². The second-order valence-corrected chi connectivity index (χ2v) is 27.5. The number of aliphatic hydroxyl groups excluding tert-OH is 2. The molecule has 6 rings (SSSR count). The van der Waals surface area contributed by atoms with Crippen LogP contribution in [0.3, 0.4) is 0 Å². The first kappa shape index (κ1) is 87.3. The summed E-state index contributed by atoms with van der Waals surface area (Å²) >= 11 is 1.28. The zero-order valence-electron chi connectivity index (χ0n) is 61.5. The molecule has 1 saturated heterocycles. The zero-order valence-corrected chi connectivity index (χ0v) is 62.4. The summed E-state index contributed by atoms with van der Waals surface area (Å²) in [4.78, 5) is 189. The molecule has 109 heavy (non-hydrogen) atoms. The van der Waals surface area contributed by atoms with Crippen molar-refractivity contribution in [3.8, 4) is 0 Å². The fourth-order valence-electron chi connectivity index (χ4n) is 11.6. The predicted molar refractivity (Wildman–Crippen MR) is 405 cm³/mol. The van der Waals surface area contributed by atoms with Crippen LogP contribution in [0.5, 0.6) is 0 Å². The number of aliphatic hydroxyl groups is 2. The number of pyridine rings is 1. The summed E-state index contributed by atoms with van der Waals surface area (Å²) < 4.78 is 1.16. The molecule has 3 aromatic carbocycles. The molecule has 5 aromatic rings. The Kier molecular flexibility index (Phi) is 35.3. The number of hydrogen-bond acceptors (Lipinski definition) is 23. The molecule has 1 aliphatic heterocycles. The summed E-state index contributed by atoms with van der Waals surface area (Å²) in [7, 11) is 1.52. The molecule has 0 radical (unpaired) electrons. The van der Waals surface area contributed by atoms with Crippen LogP contribution >= 0.6 is 11.8 Å². The SMILES string of the molecule is CNC(=O)c1ccccc1Sc1ccc2c(/C=C/c3ccccn3)nn(C(=O)CCC(=O)N[C@H](CCN)C(=O)N[C@@H](C(=O)NC(CCN)C(=O)N[C@@H]3CCNC(=O)[C@H]([C@H](C)O)NC(=O)[C@H](CCN)NC(=O)[C@H](CCN)NC(=O)[C@H](CC(C)C)NC(=O)[C@H](Cc4ccccc4)NC(=O)[C@H](CCN)NC3=O)C(C)O)c2c1. The van der Waals surface area contributed by atoms with E-state index in [1.54, 1.807) is 117 Å². The fourth-order valence-corrected chi connectivity index (χ4v) is 12.6. The third kappa shape index (κ3) is 26.6. The molecule has 35 nitrogen and oxygen atoms in total. The summed E-state index contributed by atoms with van der Waals surface area (Å²) in [5.41, 5.74) is 32.0. The molecule has 0 spiro atoms. The number of nitrogens with one attached hydrogen (secondary N) is 12. The average Bonchev–Trinajstić information content (AvgIpc) is 1.63. The lowest BCUT2D eigenvalue weighted by Crippen LogP contribution is -2.62. The molecule has 24 N–H and O–H groups in total. The van der Waals surface area contributed by atoms with E-state index in [1.165, 1.54) is 25.7 Å². The number of aromatic nitrogens is 3. The Morgan fingerprint density at radius 3 is 1.76 bits per heavy atom. The number of nitrogens with two attached hydrogens (primary N) is 5. The van der Waals surface area contributed by atoms with Crippen LogP contribution in [0, 0.1) is 5.92 Å². The molecule has 3 heterocycles. The van der Waals surface area contributed by atoms with Crippen molar-refractivity contribution in [3.63, 3.8) is 0 Å². The molecule has 36 heteroatoms. The molecule has 1 fully saturated rings. The minimum Gasteiger partial charge on any atom is -0.391 e. The van der Waals surface area contributed by atoms with E-state index in [4.69, 9.17) is 28.7 Å². The lowest BCUT2D eigenvalue weighted by atomic mass is 10.00. The molecule has 1 aliphatic rings. The van der Waals surface area contributed by atoms with E-state index in [9.17, 15) is 72.5 Å². The van der Waals surface area contributed by atoms with Crippen molar-refractivity contribution in [1.29, 1.82) is 0 Å². The predicted octanol–water partition coefficient (Wildman–Crippen LogP) is -3.30. The van der Waals surface area contributed by atoms with E-state index in [-0.39, 0.29) is 89.5 Å². The minimum atomic E-state index is -1.85. The Bertz CT molecular complexity index is 4000. The standard InChI is InChI=1S/C73H102N20O15S/c1-40(2)37-55-70(105)85-50(25-31-75)64(99)84-53(28-34-78)69(104)90-61(41(3)94)72(107)81-36-29-54(67(102)83-51(26-32-76)66(101)89-56(71(106)88-55)38-43-13-7-6-8-14-43)86-65(100)52(27-33-77)87-73(108)62(42(4)95)91-68(103)49(24-30-74)82-59(96)22-23-60(97)93-57-39-45(109-58-17-10-9-16-47(58)63(98)79-5)19-20-46(57)48(92-93)21-18-44-15-11-12-35-80-44/h6-21,35,39-42,49-56,61-62,94-95H,22-34,36-38,74-78H2,1-5H3,(H,79,98)(H,81,107)(H,82,96)(H,83,102)(H,84,99)(H,85,105)(H,86,100)(H,87,108)(H,88,106)(H,89,101)(H,90,104)(H,91,103)/b21-18+/t41-,42?,49+,50-,51-,52?,53-,54+,55-,56-,61-,62+/m0/s1. The molecule has 12 amide bonds. The van der Waals surface area contributed by atoms with Crippen molar-refractivity contribution in [2.75, 3.05) is 46.3 Å². The first-order chi connectivity index (χ1) is 52.1. The Morgan fingerprint density at radius 1 is 0.606 bits per heavy atom. The molecule has 12 atom stereocenters. The molecule has 590 valence electrons. The van der Waals surface area contributed by atoms with Gasteiger partial charge in [0.25, 0.3) is 5.91 Å². The average molecular weight is 1530 g/mol. The highest BCUT2D eigenvalue weighted by Crippen LogP contribution is 2.34. The topological polar surface area (TPSA) is 568 Å². The third-order valence-electron chi connectivity index (χ3n) is 17.4. The van der Waals surface area contributed by atoms with Gasteiger partial charge in [-0.3, -0.25) is 67.3 Å². The second kappa shape index (κ2) is 44.0. The number of rotatable bonds is 31. The van der Waals surface area contributed by atoms with Crippen LogP contribution in [0.1, 0.15) is 118 Å². The first-order valence-corrected chi connectivity index (χ1v) is 36.8.